The van der Waals surface area contributed by atoms with Crippen LogP contribution in [0.3, 0.4) is 0 Å². The fourth-order valence-electron chi connectivity index (χ4n) is 5.01. The van der Waals surface area contributed by atoms with Crippen molar-refractivity contribution in [1.82, 2.24) is 14.5 Å². The number of imidazole rings is 1. The first-order chi connectivity index (χ1) is 13.3. The molecule has 0 aliphatic carbocycles. The maximum absolute atomic E-state index is 5.63. The monoisotopic (exact) mass is 369 g/mol. The van der Waals surface area contributed by atoms with Gasteiger partial charge in [0.1, 0.15) is 11.6 Å². The molecule has 2 atom stereocenters. The quantitative estimate of drug-likeness (QED) is 0.825. The van der Waals surface area contributed by atoms with Gasteiger partial charge in [-0.25, -0.2) is 4.98 Å². The SMILES string of the molecule is COc1cc2c(cc1-c1nccn1C[C@@H]1CCCN3CCCC[C@H]13)OCO2. The lowest BCUT2D eigenvalue weighted by molar-refractivity contribution is 0.0521. The topological polar surface area (TPSA) is 48.8 Å². The standard InChI is InChI=1S/C21H27N3O3/c1-25-18-12-20-19(26-14-27-20)11-16(18)21-22-7-10-24(21)13-15-5-4-9-23-8-3-2-6-17(15)23/h7,10-12,15,17H,2-6,8-9,13-14H2,1H3/t15-,17+/m0/s1. The molecule has 6 nitrogen and oxygen atoms in total. The Morgan fingerprint density at radius 1 is 1.11 bits per heavy atom. The highest BCUT2D eigenvalue weighted by Crippen LogP contribution is 2.42. The van der Waals surface area contributed by atoms with Crippen molar-refractivity contribution in [3.63, 3.8) is 0 Å². The smallest absolute Gasteiger partial charge is 0.231 e. The van der Waals surface area contributed by atoms with Gasteiger partial charge < -0.3 is 23.7 Å². The zero-order valence-corrected chi connectivity index (χ0v) is 15.9. The summed E-state index contributed by atoms with van der Waals surface area (Å²) in [4.78, 5) is 7.38. The van der Waals surface area contributed by atoms with Crippen molar-refractivity contribution in [2.45, 2.75) is 44.7 Å². The minimum atomic E-state index is 0.260. The van der Waals surface area contributed by atoms with E-state index in [4.69, 9.17) is 14.2 Å². The second kappa shape index (κ2) is 7.08. The average Bonchev–Trinajstić information content (AvgIpc) is 3.36. The molecule has 3 aliphatic heterocycles. The number of piperidine rings is 2. The van der Waals surface area contributed by atoms with Gasteiger partial charge in [0.25, 0.3) is 0 Å². The maximum Gasteiger partial charge on any atom is 0.231 e. The zero-order chi connectivity index (χ0) is 18.2. The molecule has 0 saturated carbocycles. The molecule has 144 valence electrons. The van der Waals surface area contributed by atoms with E-state index < -0.39 is 0 Å². The highest BCUT2D eigenvalue weighted by atomic mass is 16.7. The van der Waals surface area contributed by atoms with Crippen molar-refractivity contribution < 1.29 is 14.2 Å². The van der Waals surface area contributed by atoms with Crippen LogP contribution in [0.5, 0.6) is 17.2 Å². The van der Waals surface area contributed by atoms with Gasteiger partial charge in [-0.05, 0) is 50.8 Å². The lowest BCUT2D eigenvalue weighted by Gasteiger charge is -2.44. The highest BCUT2D eigenvalue weighted by molar-refractivity contribution is 5.70. The van der Waals surface area contributed by atoms with E-state index in [1.165, 1.54) is 45.2 Å². The summed E-state index contributed by atoms with van der Waals surface area (Å²) < 4.78 is 19.0. The van der Waals surface area contributed by atoms with Gasteiger partial charge in [0, 0.05) is 31.0 Å². The summed E-state index contributed by atoms with van der Waals surface area (Å²) in [5, 5.41) is 0. The van der Waals surface area contributed by atoms with Crippen LogP contribution < -0.4 is 14.2 Å². The van der Waals surface area contributed by atoms with E-state index in [2.05, 4.69) is 20.6 Å². The summed E-state index contributed by atoms with van der Waals surface area (Å²) in [5.41, 5.74) is 0.961. The second-order valence-electron chi connectivity index (χ2n) is 7.81. The number of methoxy groups -OCH3 is 1. The third-order valence-corrected chi connectivity index (χ3v) is 6.31. The molecule has 6 heteroatoms. The second-order valence-corrected chi connectivity index (χ2v) is 7.81. The van der Waals surface area contributed by atoms with Gasteiger partial charge in [0.2, 0.25) is 6.79 Å². The van der Waals surface area contributed by atoms with Gasteiger partial charge in [0.05, 0.1) is 12.7 Å². The molecule has 0 bridgehead atoms. The minimum Gasteiger partial charge on any atom is -0.496 e. The Labute approximate surface area is 160 Å². The van der Waals surface area contributed by atoms with Gasteiger partial charge in [-0.2, -0.15) is 0 Å². The van der Waals surface area contributed by atoms with Crippen LogP contribution in [0.2, 0.25) is 0 Å². The molecule has 2 saturated heterocycles. The molecular weight excluding hydrogens is 342 g/mol. The van der Waals surface area contributed by atoms with E-state index in [9.17, 15) is 0 Å². The van der Waals surface area contributed by atoms with E-state index in [0.717, 1.165) is 41.2 Å². The molecule has 0 radical (unpaired) electrons. The molecule has 27 heavy (non-hydrogen) atoms. The Kier molecular flexibility index (Phi) is 4.44. The number of fused-ring (bicyclic) bond motifs is 2. The van der Waals surface area contributed by atoms with Crippen molar-refractivity contribution in [3.8, 4) is 28.6 Å². The van der Waals surface area contributed by atoms with Crippen LogP contribution in [0.1, 0.15) is 32.1 Å². The Bertz CT molecular complexity index is 817. The first kappa shape index (κ1) is 16.9. The normalized spacial score (nSPS) is 24.6. The molecule has 0 unspecified atom stereocenters. The number of hydrogen-bond donors (Lipinski definition) is 0. The lowest BCUT2D eigenvalue weighted by Crippen LogP contribution is -2.49. The number of ether oxygens (including phenoxy) is 3. The predicted octanol–water partition coefficient (Wildman–Crippen LogP) is 3.55. The number of aromatic nitrogens is 2. The van der Waals surface area contributed by atoms with Gasteiger partial charge >= 0.3 is 0 Å². The van der Waals surface area contributed by atoms with E-state index in [1.54, 1.807) is 7.11 Å². The molecule has 3 aliphatic rings. The fraction of sp³-hybridized carbons (Fsp3) is 0.571. The summed E-state index contributed by atoms with van der Waals surface area (Å²) in [6.45, 7) is 3.81. The molecule has 2 fully saturated rings. The number of rotatable bonds is 4. The Morgan fingerprint density at radius 2 is 1.96 bits per heavy atom. The molecule has 2 aromatic rings. The van der Waals surface area contributed by atoms with Crippen LogP contribution in [-0.4, -0.2) is 47.5 Å². The van der Waals surface area contributed by atoms with Crippen molar-refractivity contribution >= 4 is 0 Å². The predicted molar refractivity (Wildman–Crippen MR) is 102 cm³/mol. The third kappa shape index (κ3) is 3.06. The molecule has 1 aromatic heterocycles. The van der Waals surface area contributed by atoms with E-state index >= 15 is 0 Å². The largest absolute Gasteiger partial charge is 0.496 e. The van der Waals surface area contributed by atoms with Crippen LogP contribution in [0.25, 0.3) is 11.4 Å². The first-order valence-corrected chi connectivity index (χ1v) is 10.1. The minimum absolute atomic E-state index is 0.260. The van der Waals surface area contributed by atoms with Gasteiger partial charge in [-0.3, -0.25) is 0 Å². The van der Waals surface area contributed by atoms with Gasteiger partial charge in [0.15, 0.2) is 11.5 Å². The summed E-state index contributed by atoms with van der Waals surface area (Å²) in [7, 11) is 1.69. The number of nitrogens with zero attached hydrogens (tertiary/aromatic N) is 3. The van der Waals surface area contributed by atoms with Gasteiger partial charge in [-0.1, -0.05) is 6.42 Å². The molecule has 5 rings (SSSR count). The summed E-state index contributed by atoms with van der Waals surface area (Å²) in [6.07, 6.45) is 10.7. The van der Waals surface area contributed by atoms with Crippen LogP contribution >= 0.6 is 0 Å². The number of hydrogen-bond acceptors (Lipinski definition) is 5. The van der Waals surface area contributed by atoms with E-state index in [0.29, 0.717) is 5.92 Å². The first-order valence-electron chi connectivity index (χ1n) is 10.1. The van der Waals surface area contributed by atoms with Crippen molar-refractivity contribution in [2.75, 3.05) is 27.0 Å². The van der Waals surface area contributed by atoms with Crippen LogP contribution in [-0.2, 0) is 6.54 Å². The van der Waals surface area contributed by atoms with Crippen molar-refractivity contribution in [3.05, 3.63) is 24.5 Å². The summed E-state index contributed by atoms with van der Waals surface area (Å²) in [6, 6.07) is 4.62. The molecule has 0 N–H and O–H groups in total. The van der Waals surface area contributed by atoms with Crippen LogP contribution in [0.15, 0.2) is 24.5 Å². The fourth-order valence-corrected chi connectivity index (χ4v) is 5.01. The molecular formula is C21H27N3O3. The third-order valence-electron chi connectivity index (χ3n) is 6.31. The van der Waals surface area contributed by atoms with Gasteiger partial charge in [-0.15, -0.1) is 0 Å². The van der Waals surface area contributed by atoms with Crippen LogP contribution in [0.4, 0.5) is 0 Å². The van der Waals surface area contributed by atoms with E-state index in [1.807, 2.05) is 18.3 Å². The average molecular weight is 369 g/mol. The van der Waals surface area contributed by atoms with E-state index in [-0.39, 0.29) is 6.79 Å². The summed E-state index contributed by atoms with van der Waals surface area (Å²) in [5.74, 6) is 3.90. The molecule has 4 heterocycles. The molecule has 0 spiro atoms. The highest BCUT2D eigenvalue weighted by Gasteiger charge is 2.33. The maximum atomic E-state index is 5.63. The summed E-state index contributed by atoms with van der Waals surface area (Å²) >= 11 is 0. The Balaban J connectivity index is 1.45. The lowest BCUT2D eigenvalue weighted by atomic mass is 9.83. The van der Waals surface area contributed by atoms with Crippen LogP contribution in [0, 0.1) is 5.92 Å². The van der Waals surface area contributed by atoms with Crippen molar-refractivity contribution in [2.24, 2.45) is 5.92 Å². The molecule has 1 aromatic carbocycles. The Hall–Kier alpha value is -2.21. The Morgan fingerprint density at radius 3 is 2.85 bits per heavy atom. The van der Waals surface area contributed by atoms with Crippen molar-refractivity contribution in [1.29, 1.82) is 0 Å². The molecule has 0 amide bonds. The zero-order valence-electron chi connectivity index (χ0n) is 15.9. The number of benzene rings is 1.